The van der Waals surface area contributed by atoms with Gasteiger partial charge < -0.3 is 13.8 Å². The Labute approximate surface area is 93.4 Å². The van der Waals surface area contributed by atoms with E-state index in [0.29, 0.717) is 10.3 Å². The van der Waals surface area contributed by atoms with Crippen molar-refractivity contribution in [2.24, 2.45) is 0 Å². The van der Waals surface area contributed by atoms with Gasteiger partial charge in [0, 0.05) is 14.2 Å². The van der Waals surface area contributed by atoms with Gasteiger partial charge in [-0.25, -0.2) is 0 Å². The molecule has 6 heteroatoms. The molecule has 0 saturated heterocycles. The van der Waals surface area contributed by atoms with Crippen LogP contribution in [0.15, 0.2) is 22.5 Å². The number of hydrogen-bond acceptors (Lipinski definition) is 4. The molecular formula is C9H12ClO4P. The Morgan fingerprint density at radius 1 is 1.53 bits per heavy atom. The van der Waals surface area contributed by atoms with Gasteiger partial charge >= 0.3 is 7.60 Å². The summed E-state index contributed by atoms with van der Waals surface area (Å²) in [6.45, 7) is 1.79. The largest absolute Gasteiger partial charge is 0.361 e. The van der Waals surface area contributed by atoms with Gasteiger partial charge in [0.25, 0.3) is 0 Å². The number of fused-ring (bicyclic) bond motifs is 2. The zero-order valence-electron chi connectivity index (χ0n) is 8.69. The molecule has 0 aliphatic carbocycles. The lowest BCUT2D eigenvalue weighted by Crippen LogP contribution is -2.22. The van der Waals surface area contributed by atoms with E-state index in [9.17, 15) is 4.57 Å². The Morgan fingerprint density at radius 2 is 2.13 bits per heavy atom. The van der Waals surface area contributed by atoms with Crippen LogP contribution in [0.2, 0.25) is 0 Å². The Bertz CT molecular complexity index is 395. The van der Waals surface area contributed by atoms with Crippen LogP contribution in [-0.4, -0.2) is 25.9 Å². The molecule has 2 unspecified atom stereocenters. The summed E-state index contributed by atoms with van der Waals surface area (Å²) in [5.74, 6) is 0. The van der Waals surface area contributed by atoms with Crippen LogP contribution in [0.5, 0.6) is 0 Å². The highest BCUT2D eigenvalue weighted by Crippen LogP contribution is 2.65. The van der Waals surface area contributed by atoms with Crippen LogP contribution in [0, 0.1) is 0 Å². The molecule has 15 heavy (non-hydrogen) atoms. The van der Waals surface area contributed by atoms with Gasteiger partial charge in [0.15, 0.2) is 0 Å². The number of ether oxygens (including phenoxy) is 1. The fraction of sp³-hybridized carbons (Fsp3) is 0.556. The van der Waals surface area contributed by atoms with E-state index in [4.69, 9.17) is 25.4 Å². The van der Waals surface area contributed by atoms with Gasteiger partial charge in [0.2, 0.25) is 0 Å². The van der Waals surface area contributed by atoms with Crippen LogP contribution in [0.1, 0.15) is 6.92 Å². The molecule has 2 rings (SSSR count). The summed E-state index contributed by atoms with van der Waals surface area (Å²) >= 11 is 6.08. The Kier molecular flexibility index (Phi) is 2.61. The van der Waals surface area contributed by atoms with Crippen molar-refractivity contribution in [1.29, 1.82) is 0 Å². The minimum atomic E-state index is -3.32. The van der Waals surface area contributed by atoms with E-state index < -0.39 is 13.2 Å². The molecule has 0 N–H and O–H groups in total. The van der Waals surface area contributed by atoms with Crippen molar-refractivity contribution in [1.82, 2.24) is 0 Å². The summed E-state index contributed by atoms with van der Waals surface area (Å²) in [6, 6.07) is 0. The van der Waals surface area contributed by atoms with E-state index >= 15 is 0 Å². The molecule has 0 aromatic carbocycles. The van der Waals surface area contributed by atoms with Gasteiger partial charge in [0.1, 0.15) is 11.7 Å². The highest BCUT2D eigenvalue weighted by molar-refractivity contribution is 7.58. The Hall–Kier alpha value is -0.120. The molecule has 2 bridgehead atoms. The van der Waals surface area contributed by atoms with Crippen LogP contribution < -0.4 is 0 Å². The van der Waals surface area contributed by atoms with Crippen molar-refractivity contribution in [2.75, 3.05) is 14.2 Å². The molecule has 0 radical (unpaired) electrons. The van der Waals surface area contributed by atoms with Gasteiger partial charge in [-0.1, -0.05) is 17.7 Å². The molecule has 2 atom stereocenters. The van der Waals surface area contributed by atoms with E-state index in [2.05, 4.69) is 0 Å². The molecule has 2 aliphatic heterocycles. The van der Waals surface area contributed by atoms with Gasteiger partial charge in [-0.05, 0) is 13.0 Å². The average molecular weight is 251 g/mol. The first-order chi connectivity index (χ1) is 6.97. The van der Waals surface area contributed by atoms with E-state index in [-0.39, 0.29) is 6.10 Å². The van der Waals surface area contributed by atoms with Gasteiger partial charge in [0.05, 0.1) is 10.3 Å². The predicted octanol–water partition coefficient (Wildman–Crippen LogP) is 2.65. The predicted molar refractivity (Wildman–Crippen MR) is 56.9 cm³/mol. The lowest BCUT2D eigenvalue weighted by atomic mass is 10.0. The zero-order chi connectivity index (χ0) is 11.3. The van der Waals surface area contributed by atoms with E-state index in [0.717, 1.165) is 0 Å². The fourth-order valence-corrected chi connectivity index (χ4v) is 4.11. The minimum absolute atomic E-state index is 0.315. The quantitative estimate of drug-likeness (QED) is 0.571. The lowest BCUT2D eigenvalue weighted by Gasteiger charge is -2.25. The molecule has 0 spiro atoms. The molecule has 2 heterocycles. The van der Waals surface area contributed by atoms with Crippen LogP contribution in [0.4, 0.5) is 0 Å². The van der Waals surface area contributed by atoms with E-state index in [1.807, 2.05) is 12.2 Å². The summed E-state index contributed by atoms with van der Waals surface area (Å²) in [7, 11) is -0.653. The van der Waals surface area contributed by atoms with Crippen molar-refractivity contribution in [3.05, 3.63) is 22.5 Å². The number of hydrogen-bond donors (Lipinski definition) is 0. The summed E-state index contributed by atoms with van der Waals surface area (Å²) in [5, 5.41) is 0.821. The summed E-state index contributed by atoms with van der Waals surface area (Å²) in [5.41, 5.74) is -0.761. The second kappa shape index (κ2) is 3.44. The first kappa shape index (κ1) is 11.4. The number of halogens is 1. The van der Waals surface area contributed by atoms with E-state index in [1.54, 1.807) is 6.92 Å². The van der Waals surface area contributed by atoms with Crippen molar-refractivity contribution in [2.45, 2.75) is 18.6 Å². The molecule has 2 aliphatic rings. The topological polar surface area (TPSA) is 44.8 Å². The maximum atomic E-state index is 12.3. The molecular weight excluding hydrogens is 239 g/mol. The van der Waals surface area contributed by atoms with Gasteiger partial charge in [-0.2, -0.15) is 0 Å². The lowest BCUT2D eigenvalue weighted by molar-refractivity contribution is 0.0586. The van der Waals surface area contributed by atoms with E-state index in [1.165, 1.54) is 14.2 Å². The molecule has 0 aromatic heterocycles. The maximum absolute atomic E-state index is 12.3. The standard InChI is InChI=1S/C9H12ClO4P/c1-9-5-4-6(14-9)7(10)8(9)15(11,12-2)13-3/h4-6H,1-3H3. The van der Waals surface area contributed by atoms with Gasteiger partial charge in [-0.3, -0.25) is 4.57 Å². The fourth-order valence-electron chi connectivity index (χ4n) is 1.92. The first-order valence-electron chi connectivity index (χ1n) is 4.46. The second-order valence-corrected chi connectivity index (χ2v) is 6.14. The summed E-state index contributed by atoms with van der Waals surface area (Å²) in [4.78, 5) is 0. The third kappa shape index (κ3) is 1.44. The SMILES string of the molecule is COP(=O)(OC)C1=C(Cl)C2C=CC1(C)O2. The normalized spacial score (nSPS) is 34.3. The van der Waals surface area contributed by atoms with Crippen molar-refractivity contribution in [3.63, 3.8) is 0 Å². The first-order valence-corrected chi connectivity index (χ1v) is 6.38. The molecule has 0 saturated carbocycles. The van der Waals surface area contributed by atoms with Crippen LogP contribution in [0.25, 0.3) is 0 Å². The molecule has 0 fully saturated rings. The molecule has 0 aromatic rings. The number of rotatable bonds is 3. The maximum Gasteiger partial charge on any atom is 0.361 e. The van der Waals surface area contributed by atoms with Crippen LogP contribution in [-0.2, 0) is 18.3 Å². The van der Waals surface area contributed by atoms with Crippen LogP contribution >= 0.6 is 19.2 Å². The smallest absolute Gasteiger partial charge is 0.353 e. The summed E-state index contributed by atoms with van der Waals surface area (Å²) in [6.07, 6.45) is 3.34. The minimum Gasteiger partial charge on any atom is -0.353 e. The van der Waals surface area contributed by atoms with Crippen molar-refractivity contribution >= 4 is 19.2 Å². The molecule has 4 nitrogen and oxygen atoms in total. The van der Waals surface area contributed by atoms with Crippen LogP contribution in [0.3, 0.4) is 0 Å². The Balaban J connectivity index is 2.51. The third-order valence-corrected chi connectivity index (χ3v) is 5.39. The Morgan fingerprint density at radius 3 is 2.53 bits per heavy atom. The van der Waals surface area contributed by atoms with Gasteiger partial charge in [-0.15, -0.1) is 0 Å². The van der Waals surface area contributed by atoms with Crippen molar-refractivity contribution in [3.8, 4) is 0 Å². The third-order valence-electron chi connectivity index (χ3n) is 2.66. The molecule has 0 amide bonds. The summed E-state index contributed by atoms with van der Waals surface area (Å²) < 4.78 is 27.7. The zero-order valence-corrected chi connectivity index (χ0v) is 10.3. The highest BCUT2D eigenvalue weighted by Gasteiger charge is 2.53. The second-order valence-electron chi connectivity index (χ2n) is 3.56. The monoisotopic (exact) mass is 250 g/mol. The average Bonchev–Trinajstić information content (AvgIpc) is 2.70. The van der Waals surface area contributed by atoms with Crippen molar-refractivity contribution < 1.29 is 18.3 Å². The molecule has 84 valence electrons. The highest BCUT2D eigenvalue weighted by atomic mass is 35.5.